The second-order valence-corrected chi connectivity index (χ2v) is 13.4. The van der Waals surface area contributed by atoms with Crippen LogP contribution in [0.5, 0.6) is 0 Å². The first-order valence-corrected chi connectivity index (χ1v) is 15.4. The molecule has 9 nitrogen and oxygen atoms in total. The number of carbonyl (C=O) groups is 3. The van der Waals surface area contributed by atoms with E-state index in [1.54, 1.807) is 30.6 Å². The summed E-state index contributed by atoms with van der Waals surface area (Å²) < 4.78 is 37.5. The summed E-state index contributed by atoms with van der Waals surface area (Å²) in [5.41, 5.74) is 1.01. The highest BCUT2D eigenvalue weighted by atomic mass is 19.3. The summed E-state index contributed by atoms with van der Waals surface area (Å²) in [5.74, 6) is 0. The van der Waals surface area contributed by atoms with Crippen molar-refractivity contribution in [1.82, 2.24) is 19.6 Å². The topological polar surface area (TPSA) is 82.6 Å². The fourth-order valence-corrected chi connectivity index (χ4v) is 5.08. The van der Waals surface area contributed by atoms with E-state index < -0.39 is 29.8 Å². The molecule has 2 unspecified atom stereocenters. The van der Waals surface area contributed by atoms with Gasteiger partial charge in [-0.1, -0.05) is 60.7 Å². The Morgan fingerprint density at radius 2 is 1.16 bits per heavy atom. The van der Waals surface area contributed by atoms with Gasteiger partial charge in [-0.3, -0.25) is 9.80 Å². The highest BCUT2D eigenvalue weighted by molar-refractivity contribution is 5.70. The first-order chi connectivity index (χ1) is 21.1. The zero-order valence-corrected chi connectivity index (χ0v) is 27.3. The number of nitrogens with zero attached hydrogens (tertiary/aromatic N) is 4. The lowest BCUT2D eigenvalue weighted by atomic mass is 10.1. The number of alkyl halides is 2. The molecule has 248 valence electrons. The normalized spacial score (nSPS) is 19.8. The van der Waals surface area contributed by atoms with Crippen molar-refractivity contribution in [2.45, 2.75) is 84.3 Å². The number of halogens is 2. The van der Waals surface area contributed by atoms with Crippen molar-refractivity contribution in [2.24, 2.45) is 0 Å². The largest absolute Gasteiger partial charge is 0.444 e. The van der Waals surface area contributed by atoms with E-state index in [1.165, 1.54) is 10.5 Å². The van der Waals surface area contributed by atoms with E-state index in [-0.39, 0.29) is 18.7 Å². The lowest BCUT2D eigenvalue weighted by molar-refractivity contribution is -0.114. The molecule has 2 saturated heterocycles. The van der Waals surface area contributed by atoms with Crippen molar-refractivity contribution < 1.29 is 32.6 Å². The van der Waals surface area contributed by atoms with Gasteiger partial charge in [-0.15, -0.1) is 0 Å². The Kier molecular flexibility index (Phi) is 12.9. The molecule has 0 radical (unpaired) electrons. The third-order valence-electron chi connectivity index (χ3n) is 7.28. The predicted molar refractivity (Wildman–Crippen MR) is 169 cm³/mol. The van der Waals surface area contributed by atoms with E-state index in [1.807, 2.05) is 81.4 Å². The molecule has 0 aliphatic carbocycles. The lowest BCUT2D eigenvalue weighted by Gasteiger charge is -2.41. The molecule has 2 aliphatic rings. The Hall–Kier alpha value is -3.57. The van der Waals surface area contributed by atoms with E-state index in [0.717, 1.165) is 11.8 Å². The Balaban J connectivity index is 0.000000246. The van der Waals surface area contributed by atoms with E-state index >= 15 is 0 Å². The number of hydrogen-bond acceptors (Lipinski definition) is 7. The summed E-state index contributed by atoms with van der Waals surface area (Å²) in [7, 11) is 0. The van der Waals surface area contributed by atoms with Crippen molar-refractivity contribution in [3.05, 3.63) is 71.8 Å². The number of benzene rings is 2. The van der Waals surface area contributed by atoms with Crippen LogP contribution in [0.1, 0.15) is 52.7 Å². The standard InChI is InChI=1S/C17H24F2N2O2.C17H24N2O3/c1-17(2,3)23-16(22)21-10-9-20(14(12-21)15(18)19)11-13-7-5-4-6-8-13;1-17(2,3)22-16(21)19-10-9-18(15(12-19)13-20)11-14-7-5-4-6-8-14/h4-8,14-15H,9-12H2,1-3H3;4-8,13,15H,9-12H2,1-3H3. The van der Waals surface area contributed by atoms with Crippen LogP contribution in [0.15, 0.2) is 60.7 Å². The Morgan fingerprint density at radius 3 is 1.58 bits per heavy atom. The molecule has 2 aliphatic heterocycles. The summed E-state index contributed by atoms with van der Waals surface area (Å²) in [6, 6.07) is 18.3. The Bertz CT molecular complexity index is 1220. The lowest BCUT2D eigenvalue weighted by Crippen LogP contribution is -2.57. The summed E-state index contributed by atoms with van der Waals surface area (Å²) in [4.78, 5) is 42.4. The van der Waals surface area contributed by atoms with E-state index in [9.17, 15) is 23.2 Å². The molecule has 45 heavy (non-hydrogen) atoms. The van der Waals surface area contributed by atoms with Gasteiger partial charge in [0.25, 0.3) is 6.43 Å². The second kappa shape index (κ2) is 16.1. The first kappa shape index (κ1) is 35.9. The average Bonchev–Trinajstić information content (AvgIpc) is 2.97. The molecule has 0 bridgehead atoms. The third-order valence-corrected chi connectivity index (χ3v) is 7.28. The molecule has 2 atom stereocenters. The van der Waals surface area contributed by atoms with Crippen LogP contribution in [0, 0.1) is 0 Å². The van der Waals surface area contributed by atoms with Gasteiger partial charge >= 0.3 is 12.2 Å². The monoisotopic (exact) mass is 630 g/mol. The Morgan fingerprint density at radius 1 is 0.733 bits per heavy atom. The quantitative estimate of drug-likeness (QED) is 0.380. The molecule has 2 amide bonds. The van der Waals surface area contributed by atoms with Crippen LogP contribution in [0.4, 0.5) is 18.4 Å². The van der Waals surface area contributed by atoms with Gasteiger partial charge in [-0.05, 0) is 52.7 Å². The molecule has 4 rings (SSSR count). The SMILES string of the molecule is CC(C)(C)OC(=O)N1CCN(Cc2ccccc2)C(C(F)F)C1.CC(C)(C)OC(=O)N1CCN(Cc2ccccc2)C(C=O)C1. The summed E-state index contributed by atoms with van der Waals surface area (Å²) in [6.45, 7) is 14.4. The van der Waals surface area contributed by atoms with Gasteiger partial charge in [-0.25, -0.2) is 18.4 Å². The second-order valence-electron chi connectivity index (χ2n) is 13.4. The average molecular weight is 631 g/mol. The van der Waals surface area contributed by atoms with Gasteiger partial charge < -0.3 is 24.1 Å². The zero-order chi connectivity index (χ0) is 33.2. The fourth-order valence-electron chi connectivity index (χ4n) is 5.08. The third kappa shape index (κ3) is 12.0. The first-order valence-electron chi connectivity index (χ1n) is 15.4. The molecule has 2 fully saturated rings. The van der Waals surface area contributed by atoms with Crippen LogP contribution < -0.4 is 0 Å². The van der Waals surface area contributed by atoms with Gasteiger partial charge in [-0.2, -0.15) is 0 Å². The zero-order valence-electron chi connectivity index (χ0n) is 27.3. The smallest absolute Gasteiger partial charge is 0.410 e. The number of ether oxygens (including phenoxy) is 2. The van der Waals surface area contributed by atoms with Crippen molar-refractivity contribution in [3.8, 4) is 0 Å². The molecule has 2 heterocycles. The van der Waals surface area contributed by atoms with Crippen LogP contribution in [0.2, 0.25) is 0 Å². The van der Waals surface area contributed by atoms with Crippen LogP contribution in [0.25, 0.3) is 0 Å². The van der Waals surface area contributed by atoms with Crippen LogP contribution >= 0.6 is 0 Å². The van der Waals surface area contributed by atoms with Gasteiger partial charge in [0.05, 0.1) is 12.1 Å². The van der Waals surface area contributed by atoms with Crippen molar-refractivity contribution in [2.75, 3.05) is 39.3 Å². The minimum absolute atomic E-state index is 0.0145. The molecular formula is C34H48F2N4O5. The van der Waals surface area contributed by atoms with E-state index in [4.69, 9.17) is 9.47 Å². The minimum atomic E-state index is -2.51. The maximum absolute atomic E-state index is 13.4. The fraction of sp³-hybridized carbons (Fsp3) is 0.559. The minimum Gasteiger partial charge on any atom is -0.444 e. The molecule has 2 aromatic carbocycles. The number of rotatable bonds is 6. The van der Waals surface area contributed by atoms with Gasteiger partial charge in [0.15, 0.2) is 0 Å². The van der Waals surface area contributed by atoms with E-state index in [2.05, 4.69) is 4.90 Å². The van der Waals surface area contributed by atoms with Crippen LogP contribution in [-0.4, -0.2) is 107 Å². The predicted octanol–water partition coefficient (Wildman–Crippen LogP) is 5.68. The summed E-state index contributed by atoms with van der Waals surface area (Å²) in [5, 5.41) is 0. The van der Waals surface area contributed by atoms with E-state index in [0.29, 0.717) is 45.8 Å². The van der Waals surface area contributed by atoms with Crippen LogP contribution in [0.3, 0.4) is 0 Å². The summed E-state index contributed by atoms with van der Waals surface area (Å²) in [6.07, 6.45) is -2.47. The molecule has 2 aromatic rings. The number of aldehydes is 1. The van der Waals surface area contributed by atoms with Crippen molar-refractivity contribution >= 4 is 18.5 Å². The van der Waals surface area contributed by atoms with Gasteiger partial charge in [0.1, 0.15) is 17.5 Å². The van der Waals surface area contributed by atoms with Gasteiger partial charge in [0, 0.05) is 52.4 Å². The van der Waals surface area contributed by atoms with Crippen molar-refractivity contribution in [3.63, 3.8) is 0 Å². The number of carbonyl (C=O) groups excluding carboxylic acids is 3. The van der Waals surface area contributed by atoms with Crippen LogP contribution in [-0.2, 0) is 27.4 Å². The maximum Gasteiger partial charge on any atom is 0.410 e. The highest BCUT2D eigenvalue weighted by Gasteiger charge is 2.37. The molecule has 0 N–H and O–H groups in total. The maximum atomic E-state index is 13.4. The number of amides is 2. The number of hydrogen-bond donors (Lipinski definition) is 0. The number of piperazine rings is 2. The highest BCUT2D eigenvalue weighted by Crippen LogP contribution is 2.21. The molecule has 0 aromatic heterocycles. The van der Waals surface area contributed by atoms with Gasteiger partial charge in [0.2, 0.25) is 0 Å². The Labute approximate surface area is 266 Å². The molecule has 0 spiro atoms. The molecule has 0 saturated carbocycles. The molecular weight excluding hydrogens is 582 g/mol. The molecule has 11 heteroatoms. The summed E-state index contributed by atoms with van der Waals surface area (Å²) >= 11 is 0. The van der Waals surface area contributed by atoms with Crippen molar-refractivity contribution in [1.29, 1.82) is 0 Å².